The first-order valence-corrected chi connectivity index (χ1v) is 7.70. The average molecular weight is 278 g/mol. The number of likely N-dealkylation sites (N-methyl/N-ethyl adjacent to an activating group) is 1. The zero-order valence-electron chi connectivity index (χ0n) is 12.3. The summed E-state index contributed by atoms with van der Waals surface area (Å²) in [6.45, 7) is 9.14. The Labute approximate surface area is 120 Å². The van der Waals surface area contributed by atoms with Gasteiger partial charge < -0.3 is 9.64 Å². The van der Waals surface area contributed by atoms with Crippen molar-refractivity contribution < 1.29 is 4.74 Å². The van der Waals surface area contributed by atoms with Crippen molar-refractivity contribution in [1.82, 2.24) is 4.90 Å². The van der Waals surface area contributed by atoms with Crippen molar-refractivity contribution in [3.8, 4) is 0 Å². The highest BCUT2D eigenvalue weighted by Crippen LogP contribution is 2.12. The van der Waals surface area contributed by atoms with E-state index in [1.165, 1.54) is 64.5 Å². The lowest BCUT2D eigenvalue weighted by Crippen LogP contribution is -2.28. The van der Waals surface area contributed by atoms with Crippen molar-refractivity contribution in [2.75, 3.05) is 26.2 Å². The summed E-state index contributed by atoms with van der Waals surface area (Å²) in [6.07, 6.45) is 11.9. The lowest BCUT2D eigenvalue weighted by Gasteiger charge is -2.18. The van der Waals surface area contributed by atoms with Crippen LogP contribution in [0.25, 0.3) is 0 Å². The number of halogens is 1. The highest BCUT2D eigenvalue weighted by Gasteiger charge is 2.24. The minimum absolute atomic E-state index is 0. The van der Waals surface area contributed by atoms with Crippen LogP contribution in [0.15, 0.2) is 0 Å². The van der Waals surface area contributed by atoms with Gasteiger partial charge in [-0.05, 0) is 19.5 Å². The summed E-state index contributed by atoms with van der Waals surface area (Å²) in [4.78, 5) is 2.54. The van der Waals surface area contributed by atoms with Gasteiger partial charge in [-0.1, -0.05) is 58.8 Å². The van der Waals surface area contributed by atoms with E-state index in [0.29, 0.717) is 6.10 Å². The van der Waals surface area contributed by atoms with E-state index in [4.69, 9.17) is 4.74 Å². The van der Waals surface area contributed by atoms with Gasteiger partial charge >= 0.3 is 0 Å². The molecule has 1 rings (SSSR count). The van der Waals surface area contributed by atoms with E-state index < -0.39 is 0 Å². The van der Waals surface area contributed by atoms with Gasteiger partial charge in [0.25, 0.3) is 0 Å². The Morgan fingerprint density at radius 1 is 0.944 bits per heavy atom. The highest BCUT2D eigenvalue weighted by molar-refractivity contribution is 5.85. The number of hydrogen-bond donors (Lipinski definition) is 0. The molecule has 0 bridgehead atoms. The van der Waals surface area contributed by atoms with Crippen molar-refractivity contribution >= 4 is 12.4 Å². The van der Waals surface area contributed by atoms with Crippen LogP contribution in [0, 0.1) is 0 Å². The second kappa shape index (κ2) is 12.3. The van der Waals surface area contributed by atoms with Crippen molar-refractivity contribution in [2.45, 2.75) is 71.3 Å². The minimum Gasteiger partial charge on any atom is -0.372 e. The van der Waals surface area contributed by atoms with E-state index in [-0.39, 0.29) is 12.4 Å². The summed E-state index contributed by atoms with van der Waals surface area (Å²) in [5.41, 5.74) is 0. The van der Waals surface area contributed by atoms with Crippen LogP contribution in [-0.2, 0) is 4.74 Å². The number of unbranched alkanes of at least 4 members (excludes halogenated alkanes) is 7. The first-order valence-electron chi connectivity index (χ1n) is 7.70. The Kier molecular flexibility index (Phi) is 12.4. The number of nitrogens with zero attached hydrogens (tertiary/aromatic N) is 1. The molecule has 2 nitrogen and oxygen atoms in total. The summed E-state index contributed by atoms with van der Waals surface area (Å²) >= 11 is 0. The maximum Gasteiger partial charge on any atom is 0.0936 e. The van der Waals surface area contributed by atoms with Crippen LogP contribution in [-0.4, -0.2) is 37.2 Å². The fourth-order valence-electron chi connectivity index (χ4n) is 2.31. The predicted molar refractivity (Wildman–Crippen MR) is 81.7 cm³/mol. The molecule has 0 amide bonds. The van der Waals surface area contributed by atoms with E-state index in [0.717, 1.165) is 13.2 Å². The molecule has 1 saturated heterocycles. The maximum atomic E-state index is 5.28. The molecule has 1 atom stereocenters. The van der Waals surface area contributed by atoms with Gasteiger partial charge in [-0.2, -0.15) is 0 Å². The second-order valence-electron chi connectivity index (χ2n) is 5.32. The fourth-order valence-corrected chi connectivity index (χ4v) is 2.31. The largest absolute Gasteiger partial charge is 0.372 e. The molecule has 0 spiro atoms. The molecule has 1 unspecified atom stereocenters. The zero-order chi connectivity index (χ0) is 12.3. The van der Waals surface area contributed by atoms with E-state index >= 15 is 0 Å². The van der Waals surface area contributed by atoms with Crippen molar-refractivity contribution in [3.63, 3.8) is 0 Å². The summed E-state index contributed by atoms with van der Waals surface area (Å²) in [5, 5.41) is 0. The van der Waals surface area contributed by atoms with Gasteiger partial charge in [0.1, 0.15) is 0 Å². The Balaban J connectivity index is 0.00000289. The molecule has 1 aliphatic rings. The van der Waals surface area contributed by atoms with Gasteiger partial charge in [0.2, 0.25) is 0 Å². The van der Waals surface area contributed by atoms with Crippen LogP contribution in [0.5, 0.6) is 0 Å². The molecule has 0 aromatic carbocycles. The lowest BCUT2D eigenvalue weighted by molar-refractivity contribution is 0.247. The minimum atomic E-state index is 0. The molecule has 18 heavy (non-hydrogen) atoms. The number of ether oxygens (including phenoxy) is 1. The lowest BCUT2D eigenvalue weighted by atomic mass is 10.1. The van der Waals surface area contributed by atoms with Gasteiger partial charge in [-0.3, -0.25) is 0 Å². The fraction of sp³-hybridized carbons (Fsp3) is 1.00. The van der Waals surface area contributed by atoms with E-state index in [9.17, 15) is 0 Å². The first kappa shape index (κ1) is 18.2. The highest BCUT2D eigenvalue weighted by atomic mass is 35.5. The average Bonchev–Trinajstić information content (AvgIpc) is 3.15. The standard InChI is InChI=1S/C15H31NO.ClH/c1-3-5-6-7-8-9-10-11-12-16(4-2)13-15-14-17-15;/h15H,3-14H2,1-2H3;1H. The Bertz CT molecular complexity index is 174. The van der Waals surface area contributed by atoms with Crippen LogP contribution in [0.2, 0.25) is 0 Å². The predicted octanol–water partition coefficient (Wildman–Crippen LogP) is 4.27. The third kappa shape index (κ3) is 10.2. The Morgan fingerprint density at radius 2 is 1.50 bits per heavy atom. The van der Waals surface area contributed by atoms with Crippen LogP contribution in [0.4, 0.5) is 0 Å². The Hall–Kier alpha value is 0.210. The van der Waals surface area contributed by atoms with Crippen LogP contribution in [0.1, 0.15) is 65.2 Å². The van der Waals surface area contributed by atoms with Crippen molar-refractivity contribution in [3.05, 3.63) is 0 Å². The molecule has 0 radical (unpaired) electrons. The van der Waals surface area contributed by atoms with Gasteiger partial charge in [0, 0.05) is 6.54 Å². The van der Waals surface area contributed by atoms with Crippen molar-refractivity contribution in [2.24, 2.45) is 0 Å². The van der Waals surface area contributed by atoms with Gasteiger partial charge in [-0.25, -0.2) is 0 Å². The third-order valence-corrected chi connectivity index (χ3v) is 3.64. The van der Waals surface area contributed by atoms with Gasteiger partial charge in [0.05, 0.1) is 12.7 Å². The molecular weight excluding hydrogens is 246 g/mol. The monoisotopic (exact) mass is 277 g/mol. The smallest absolute Gasteiger partial charge is 0.0936 e. The van der Waals surface area contributed by atoms with E-state index in [2.05, 4.69) is 18.7 Å². The summed E-state index contributed by atoms with van der Waals surface area (Å²) in [7, 11) is 0. The van der Waals surface area contributed by atoms with Crippen LogP contribution < -0.4 is 0 Å². The van der Waals surface area contributed by atoms with E-state index in [1.807, 2.05) is 0 Å². The van der Waals surface area contributed by atoms with Crippen LogP contribution >= 0.6 is 12.4 Å². The van der Waals surface area contributed by atoms with Crippen molar-refractivity contribution in [1.29, 1.82) is 0 Å². The molecule has 0 saturated carbocycles. The summed E-state index contributed by atoms with van der Waals surface area (Å²) in [6, 6.07) is 0. The number of hydrogen-bond acceptors (Lipinski definition) is 2. The maximum absolute atomic E-state index is 5.28. The second-order valence-corrected chi connectivity index (χ2v) is 5.32. The molecule has 110 valence electrons. The topological polar surface area (TPSA) is 15.8 Å². The molecule has 3 heteroatoms. The third-order valence-electron chi connectivity index (χ3n) is 3.64. The van der Waals surface area contributed by atoms with Crippen LogP contribution in [0.3, 0.4) is 0 Å². The summed E-state index contributed by atoms with van der Waals surface area (Å²) in [5.74, 6) is 0. The van der Waals surface area contributed by atoms with Gasteiger partial charge in [0.15, 0.2) is 0 Å². The first-order chi connectivity index (χ1) is 8.36. The molecule has 0 aliphatic carbocycles. The normalized spacial score (nSPS) is 17.8. The molecule has 1 aliphatic heterocycles. The zero-order valence-corrected chi connectivity index (χ0v) is 13.1. The molecule has 0 aromatic rings. The molecule has 1 fully saturated rings. The van der Waals surface area contributed by atoms with Gasteiger partial charge in [-0.15, -0.1) is 12.4 Å². The molecule has 1 heterocycles. The molecule has 0 N–H and O–H groups in total. The number of epoxide rings is 1. The SMILES string of the molecule is CCCCCCCCCCN(CC)CC1CO1.Cl. The van der Waals surface area contributed by atoms with E-state index in [1.54, 1.807) is 0 Å². The molecule has 0 aromatic heterocycles. The summed E-state index contributed by atoms with van der Waals surface area (Å²) < 4.78 is 5.28. The molecular formula is C15H32ClNO. The Morgan fingerprint density at radius 3 is 2.00 bits per heavy atom. The quantitative estimate of drug-likeness (QED) is 0.391. The number of rotatable bonds is 12.